The molecule has 0 aliphatic heterocycles. The van der Waals surface area contributed by atoms with Crippen molar-refractivity contribution in [2.75, 3.05) is 19.0 Å². The second-order valence-corrected chi connectivity index (χ2v) is 8.08. The Morgan fingerprint density at radius 2 is 1.65 bits per heavy atom. The molecule has 7 heteroatoms. The predicted octanol–water partition coefficient (Wildman–Crippen LogP) is 3.15. The molecular formula is C27H31N3O4. The molecule has 0 aliphatic carbocycles. The number of ether oxygens (including phenoxy) is 1. The van der Waals surface area contributed by atoms with Gasteiger partial charge >= 0.3 is 0 Å². The van der Waals surface area contributed by atoms with Crippen molar-refractivity contribution in [3.05, 3.63) is 95.6 Å². The fourth-order valence-electron chi connectivity index (χ4n) is 3.60. The van der Waals surface area contributed by atoms with E-state index in [1.807, 2.05) is 54.6 Å². The Morgan fingerprint density at radius 3 is 2.32 bits per heavy atom. The standard InChI is InChI=1S/C27H31N3O4/c1-19(31)29-23-13-11-22(12-14-23)27(33)30-25(16-20-7-4-3-5-8-20)26(32)18-28-17-21-9-6-10-24(15-21)34-2/h3-15,25-26,28,32H,16-18H2,1-2H3,(H,29,31)(H,30,33)/t25-,26-/m0/s1. The van der Waals surface area contributed by atoms with Crippen molar-refractivity contribution in [1.29, 1.82) is 0 Å². The Bertz CT molecular complexity index is 1070. The molecule has 3 aromatic carbocycles. The van der Waals surface area contributed by atoms with Gasteiger partial charge in [0, 0.05) is 31.3 Å². The van der Waals surface area contributed by atoms with Crippen LogP contribution in [0, 0.1) is 0 Å². The van der Waals surface area contributed by atoms with Gasteiger partial charge in [-0.05, 0) is 53.9 Å². The second-order valence-electron chi connectivity index (χ2n) is 8.08. The third-order valence-corrected chi connectivity index (χ3v) is 5.36. The van der Waals surface area contributed by atoms with Crippen molar-refractivity contribution in [3.63, 3.8) is 0 Å². The summed E-state index contributed by atoms with van der Waals surface area (Å²) in [7, 11) is 1.63. The van der Waals surface area contributed by atoms with Gasteiger partial charge in [0.25, 0.3) is 5.91 Å². The van der Waals surface area contributed by atoms with E-state index in [0.717, 1.165) is 16.9 Å². The van der Waals surface area contributed by atoms with Crippen LogP contribution in [0.5, 0.6) is 5.75 Å². The highest BCUT2D eigenvalue weighted by molar-refractivity contribution is 5.95. The molecule has 7 nitrogen and oxygen atoms in total. The van der Waals surface area contributed by atoms with E-state index in [-0.39, 0.29) is 11.8 Å². The molecule has 0 fully saturated rings. The highest BCUT2D eigenvalue weighted by atomic mass is 16.5. The molecule has 0 bridgehead atoms. The van der Waals surface area contributed by atoms with Gasteiger partial charge in [-0.2, -0.15) is 0 Å². The lowest BCUT2D eigenvalue weighted by Gasteiger charge is -2.25. The van der Waals surface area contributed by atoms with Gasteiger partial charge in [-0.25, -0.2) is 0 Å². The van der Waals surface area contributed by atoms with Crippen LogP contribution in [0.25, 0.3) is 0 Å². The zero-order valence-corrected chi connectivity index (χ0v) is 19.5. The zero-order valence-electron chi connectivity index (χ0n) is 19.5. The average molecular weight is 462 g/mol. The Hall–Kier alpha value is -3.68. The first-order valence-electron chi connectivity index (χ1n) is 11.2. The number of methoxy groups -OCH3 is 1. The molecule has 0 saturated carbocycles. The van der Waals surface area contributed by atoms with Gasteiger partial charge in [0.05, 0.1) is 19.3 Å². The number of amides is 2. The number of nitrogens with one attached hydrogen (secondary N) is 3. The maximum Gasteiger partial charge on any atom is 0.251 e. The molecule has 0 radical (unpaired) electrons. The van der Waals surface area contributed by atoms with E-state index in [4.69, 9.17) is 4.74 Å². The summed E-state index contributed by atoms with van der Waals surface area (Å²) in [5, 5.41) is 19.9. The topological polar surface area (TPSA) is 99.7 Å². The van der Waals surface area contributed by atoms with Crippen LogP contribution in [-0.4, -0.2) is 42.7 Å². The van der Waals surface area contributed by atoms with E-state index in [0.29, 0.717) is 30.8 Å². The van der Waals surface area contributed by atoms with Gasteiger partial charge in [-0.3, -0.25) is 9.59 Å². The molecule has 178 valence electrons. The van der Waals surface area contributed by atoms with Crippen molar-refractivity contribution >= 4 is 17.5 Å². The molecule has 0 saturated heterocycles. The van der Waals surface area contributed by atoms with Crippen molar-refractivity contribution < 1.29 is 19.4 Å². The normalized spacial score (nSPS) is 12.4. The lowest BCUT2D eigenvalue weighted by Crippen LogP contribution is -2.48. The molecule has 0 aromatic heterocycles. The van der Waals surface area contributed by atoms with Crippen LogP contribution in [0.4, 0.5) is 5.69 Å². The van der Waals surface area contributed by atoms with Crippen LogP contribution >= 0.6 is 0 Å². The average Bonchev–Trinajstić information content (AvgIpc) is 2.84. The van der Waals surface area contributed by atoms with Crippen molar-refractivity contribution in [2.45, 2.75) is 32.0 Å². The third-order valence-electron chi connectivity index (χ3n) is 5.36. The molecule has 3 aromatic rings. The zero-order chi connectivity index (χ0) is 24.3. The molecule has 0 aliphatic rings. The number of carbonyl (C=O) groups is 2. The van der Waals surface area contributed by atoms with Gasteiger partial charge in [-0.15, -0.1) is 0 Å². The quantitative estimate of drug-likeness (QED) is 0.352. The molecular weight excluding hydrogens is 430 g/mol. The second kappa shape index (κ2) is 12.5. The number of hydrogen-bond acceptors (Lipinski definition) is 5. The number of hydrogen-bond donors (Lipinski definition) is 4. The monoisotopic (exact) mass is 461 g/mol. The minimum Gasteiger partial charge on any atom is -0.497 e. The lowest BCUT2D eigenvalue weighted by molar-refractivity contribution is -0.114. The third kappa shape index (κ3) is 7.72. The van der Waals surface area contributed by atoms with E-state index in [1.165, 1.54) is 6.92 Å². The molecule has 2 amide bonds. The van der Waals surface area contributed by atoms with Crippen molar-refractivity contribution in [1.82, 2.24) is 10.6 Å². The van der Waals surface area contributed by atoms with E-state index in [2.05, 4.69) is 16.0 Å². The number of benzene rings is 3. The molecule has 4 N–H and O–H groups in total. The molecule has 2 atom stereocenters. The number of aliphatic hydroxyl groups excluding tert-OH is 1. The highest BCUT2D eigenvalue weighted by Gasteiger charge is 2.22. The van der Waals surface area contributed by atoms with Crippen LogP contribution in [-0.2, 0) is 17.8 Å². The summed E-state index contributed by atoms with van der Waals surface area (Å²) < 4.78 is 5.25. The Labute approximate surface area is 200 Å². The van der Waals surface area contributed by atoms with Gasteiger partial charge in [-0.1, -0.05) is 42.5 Å². The summed E-state index contributed by atoms with van der Waals surface area (Å²) in [6.45, 7) is 2.29. The maximum absolute atomic E-state index is 12.9. The summed E-state index contributed by atoms with van der Waals surface area (Å²) in [6, 6.07) is 23.6. The Balaban J connectivity index is 1.64. The fraction of sp³-hybridized carbons (Fsp3) is 0.259. The molecule has 34 heavy (non-hydrogen) atoms. The first-order valence-corrected chi connectivity index (χ1v) is 11.2. The summed E-state index contributed by atoms with van der Waals surface area (Å²) in [4.78, 5) is 24.1. The van der Waals surface area contributed by atoms with E-state index in [9.17, 15) is 14.7 Å². The van der Waals surface area contributed by atoms with Crippen LogP contribution in [0.3, 0.4) is 0 Å². The molecule has 3 rings (SSSR count). The molecule has 0 heterocycles. The minimum atomic E-state index is -0.812. The Morgan fingerprint density at radius 1 is 0.941 bits per heavy atom. The number of aliphatic hydroxyl groups is 1. The number of carbonyl (C=O) groups excluding carboxylic acids is 2. The van der Waals surface area contributed by atoms with Crippen LogP contribution < -0.4 is 20.7 Å². The first kappa shape index (κ1) is 25.0. The lowest BCUT2D eigenvalue weighted by atomic mass is 10.0. The maximum atomic E-state index is 12.9. The summed E-state index contributed by atoms with van der Waals surface area (Å²) in [6.07, 6.45) is -0.327. The van der Waals surface area contributed by atoms with Gasteiger partial charge in [0.15, 0.2) is 0 Å². The van der Waals surface area contributed by atoms with E-state index < -0.39 is 12.1 Å². The predicted molar refractivity (Wildman–Crippen MR) is 133 cm³/mol. The van der Waals surface area contributed by atoms with Gasteiger partial charge in [0.1, 0.15) is 5.75 Å². The van der Waals surface area contributed by atoms with Gasteiger partial charge < -0.3 is 25.8 Å². The SMILES string of the molecule is COc1cccc(CNC[C@H](O)[C@H](Cc2ccccc2)NC(=O)c2ccc(NC(C)=O)cc2)c1. The van der Waals surface area contributed by atoms with Crippen LogP contribution in [0.1, 0.15) is 28.4 Å². The summed E-state index contributed by atoms with van der Waals surface area (Å²) >= 11 is 0. The number of rotatable bonds is 11. The van der Waals surface area contributed by atoms with Crippen LogP contribution in [0.2, 0.25) is 0 Å². The van der Waals surface area contributed by atoms with E-state index in [1.54, 1.807) is 31.4 Å². The molecule has 0 unspecified atom stereocenters. The summed E-state index contributed by atoms with van der Waals surface area (Å²) in [5.74, 6) is 0.311. The largest absolute Gasteiger partial charge is 0.497 e. The van der Waals surface area contributed by atoms with Crippen molar-refractivity contribution in [2.24, 2.45) is 0 Å². The van der Waals surface area contributed by atoms with Gasteiger partial charge in [0.2, 0.25) is 5.91 Å². The highest BCUT2D eigenvalue weighted by Crippen LogP contribution is 2.13. The molecule has 0 spiro atoms. The Kier molecular flexibility index (Phi) is 9.20. The van der Waals surface area contributed by atoms with Crippen molar-refractivity contribution in [3.8, 4) is 5.75 Å². The van der Waals surface area contributed by atoms with E-state index >= 15 is 0 Å². The fourth-order valence-corrected chi connectivity index (χ4v) is 3.60. The number of anilines is 1. The first-order chi connectivity index (χ1) is 16.4. The minimum absolute atomic E-state index is 0.176. The smallest absolute Gasteiger partial charge is 0.251 e. The van der Waals surface area contributed by atoms with Crippen LogP contribution in [0.15, 0.2) is 78.9 Å². The summed E-state index contributed by atoms with van der Waals surface area (Å²) in [5.41, 5.74) is 3.12.